The van der Waals surface area contributed by atoms with Gasteiger partial charge in [-0.3, -0.25) is 10.9 Å². The maximum atomic E-state index is 6.12. The quantitative estimate of drug-likeness (QED) is 0.662. The number of ether oxygens (including phenoxy) is 2. The molecule has 6 heteroatoms. The molecule has 0 atom stereocenters. The van der Waals surface area contributed by atoms with Crippen molar-refractivity contribution in [1.82, 2.24) is 10.9 Å². The van der Waals surface area contributed by atoms with Crippen molar-refractivity contribution >= 4 is 28.9 Å². The minimum atomic E-state index is 0.156. The summed E-state index contributed by atoms with van der Waals surface area (Å²) in [5, 5.41) is 1.17. The van der Waals surface area contributed by atoms with Crippen molar-refractivity contribution in [2.45, 2.75) is 6.92 Å². The fourth-order valence-electron chi connectivity index (χ4n) is 1.64. The van der Waals surface area contributed by atoms with Crippen LogP contribution in [0.1, 0.15) is 11.1 Å². The van der Waals surface area contributed by atoms with E-state index in [1.807, 2.05) is 19.1 Å². The van der Waals surface area contributed by atoms with E-state index in [2.05, 4.69) is 10.9 Å². The van der Waals surface area contributed by atoms with E-state index >= 15 is 0 Å². The van der Waals surface area contributed by atoms with E-state index in [1.54, 1.807) is 19.3 Å². The monoisotopic (exact) mass is 300 g/mol. The zero-order valence-corrected chi connectivity index (χ0v) is 12.1. The van der Waals surface area contributed by atoms with E-state index in [9.17, 15) is 0 Å². The SMILES string of the molecule is COCOc1cc(Cl)c(C)cc1C1=CC=C(Cl)NN1. The Morgan fingerprint density at radius 2 is 1.95 bits per heavy atom. The van der Waals surface area contributed by atoms with Crippen LogP contribution in [0, 0.1) is 6.92 Å². The van der Waals surface area contributed by atoms with Crippen LogP contribution in [-0.2, 0) is 4.74 Å². The van der Waals surface area contributed by atoms with E-state index in [0.29, 0.717) is 15.9 Å². The van der Waals surface area contributed by atoms with Crippen LogP contribution in [-0.4, -0.2) is 13.9 Å². The van der Waals surface area contributed by atoms with E-state index in [-0.39, 0.29) is 6.79 Å². The van der Waals surface area contributed by atoms with Crippen molar-refractivity contribution in [3.8, 4) is 5.75 Å². The van der Waals surface area contributed by atoms with Crippen LogP contribution < -0.4 is 15.6 Å². The molecule has 1 aromatic rings. The first-order valence-corrected chi connectivity index (χ1v) is 6.39. The molecule has 0 radical (unpaired) electrons. The third-order valence-corrected chi connectivity index (χ3v) is 3.22. The number of hydrogen-bond donors (Lipinski definition) is 2. The van der Waals surface area contributed by atoms with Gasteiger partial charge in [-0.15, -0.1) is 0 Å². The second-order valence-electron chi connectivity index (χ2n) is 3.99. The Morgan fingerprint density at radius 3 is 2.58 bits per heavy atom. The minimum absolute atomic E-state index is 0.156. The Balaban J connectivity index is 2.40. The first-order chi connectivity index (χ1) is 9.11. The smallest absolute Gasteiger partial charge is 0.188 e. The molecule has 2 rings (SSSR count). The van der Waals surface area contributed by atoms with Gasteiger partial charge in [-0.05, 0) is 36.8 Å². The number of methoxy groups -OCH3 is 1. The lowest BCUT2D eigenvalue weighted by Crippen LogP contribution is -2.30. The maximum Gasteiger partial charge on any atom is 0.188 e. The highest BCUT2D eigenvalue weighted by atomic mass is 35.5. The Bertz CT molecular complexity index is 542. The first-order valence-electron chi connectivity index (χ1n) is 5.63. The molecule has 1 aliphatic heterocycles. The summed E-state index contributed by atoms with van der Waals surface area (Å²) < 4.78 is 10.5. The fraction of sp³-hybridized carbons (Fsp3) is 0.231. The van der Waals surface area contributed by atoms with Gasteiger partial charge >= 0.3 is 0 Å². The highest BCUT2D eigenvalue weighted by molar-refractivity contribution is 6.31. The van der Waals surface area contributed by atoms with Crippen molar-refractivity contribution < 1.29 is 9.47 Å². The zero-order valence-electron chi connectivity index (χ0n) is 10.6. The summed E-state index contributed by atoms with van der Waals surface area (Å²) >= 11 is 11.9. The van der Waals surface area contributed by atoms with E-state index < -0.39 is 0 Å². The molecule has 0 aliphatic carbocycles. The number of allylic oxidation sites excluding steroid dienone is 2. The lowest BCUT2D eigenvalue weighted by molar-refractivity contribution is 0.0509. The number of hydrazine groups is 1. The fourth-order valence-corrected chi connectivity index (χ4v) is 1.90. The summed E-state index contributed by atoms with van der Waals surface area (Å²) in [6.07, 6.45) is 3.62. The van der Waals surface area contributed by atoms with Gasteiger partial charge in [0, 0.05) is 17.7 Å². The molecule has 0 unspecified atom stereocenters. The van der Waals surface area contributed by atoms with E-state index in [4.69, 9.17) is 32.7 Å². The number of nitrogens with one attached hydrogen (secondary N) is 2. The molecule has 0 saturated carbocycles. The molecule has 0 spiro atoms. The average molecular weight is 301 g/mol. The Morgan fingerprint density at radius 1 is 1.16 bits per heavy atom. The van der Waals surface area contributed by atoms with Crippen LogP contribution in [0.4, 0.5) is 0 Å². The van der Waals surface area contributed by atoms with Gasteiger partial charge in [-0.2, -0.15) is 0 Å². The normalized spacial score (nSPS) is 14.1. The lowest BCUT2D eigenvalue weighted by atomic mass is 10.1. The molecule has 0 aromatic heterocycles. The van der Waals surface area contributed by atoms with Gasteiger partial charge in [-0.1, -0.05) is 23.2 Å². The molecule has 0 fully saturated rings. The summed E-state index contributed by atoms with van der Waals surface area (Å²) in [7, 11) is 1.57. The highest BCUT2D eigenvalue weighted by Crippen LogP contribution is 2.31. The Hall–Kier alpha value is -1.36. The molecule has 1 aliphatic rings. The Labute approximate surface area is 122 Å². The molecular weight excluding hydrogens is 287 g/mol. The van der Waals surface area contributed by atoms with Crippen molar-refractivity contribution in [3.63, 3.8) is 0 Å². The lowest BCUT2D eigenvalue weighted by Gasteiger charge is -2.19. The van der Waals surface area contributed by atoms with Gasteiger partial charge < -0.3 is 9.47 Å². The van der Waals surface area contributed by atoms with Gasteiger partial charge in [-0.25, -0.2) is 0 Å². The van der Waals surface area contributed by atoms with Crippen LogP contribution in [0.3, 0.4) is 0 Å². The summed E-state index contributed by atoms with van der Waals surface area (Å²) in [6, 6.07) is 3.72. The number of benzene rings is 1. The third-order valence-electron chi connectivity index (χ3n) is 2.60. The van der Waals surface area contributed by atoms with Gasteiger partial charge in [0.2, 0.25) is 0 Å². The molecule has 0 bridgehead atoms. The molecule has 1 heterocycles. The molecular formula is C13H14Cl2N2O2. The number of halogens is 2. The molecule has 0 amide bonds. The van der Waals surface area contributed by atoms with Gasteiger partial charge in [0.1, 0.15) is 10.9 Å². The number of hydrogen-bond acceptors (Lipinski definition) is 4. The summed E-state index contributed by atoms with van der Waals surface area (Å²) in [5.74, 6) is 0.643. The Kier molecular flexibility index (Phi) is 4.58. The van der Waals surface area contributed by atoms with Crippen LogP contribution in [0.2, 0.25) is 5.02 Å². The highest BCUT2D eigenvalue weighted by Gasteiger charge is 2.13. The van der Waals surface area contributed by atoms with Crippen molar-refractivity contribution in [3.05, 3.63) is 45.6 Å². The maximum absolute atomic E-state index is 6.12. The predicted molar refractivity (Wildman–Crippen MR) is 76.9 cm³/mol. The van der Waals surface area contributed by atoms with Gasteiger partial charge in [0.05, 0.1) is 5.70 Å². The molecule has 2 N–H and O–H groups in total. The van der Waals surface area contributed by atoms with Crippen molar-refractivity contribution in [1.29, 1.82) is 0 Å². The second-order valence-corrected chi connectivity index (χ2v) is 4.81. The summed E-state index contributed by atoms with van der Waals surface area (Å²) in [6.45, 7) is 2.09. The van der Waals surface area contributed by atoms with Crippen LogP contribution >= 0.6 is 23.2 Å². The number of rotatable bonds is 4. The van der Waals surface area contributed by atoms with Gasteiger partial charge in [0.25, 0.3) is 0 Å². The number of aryl methyl sites for hydroxylation is 1. The third kappa shape index (κ3) is 3.35. The van der Waals surface area contributed by atoms with Crippen LogP contribution in [0.15, 0.2) is 29.4 Å². The van der Waals surface area contributed by atoms with E-state index in [0.717, 1.165) is 16.8 Å². The summed E-state index contributed by atoms with van der Waals surface area (Å²) in [5.41, 5.74) is 8.52. The largest absolute Gasteiger partial charge is 0.467 e. The minimum Gasteiger partial charge on any atom is -0.467 e. The summed E-state index contributed by atoms with van der Waals surface area (Å²) in [4.78, 5) is 0. The molecule has 4 nitrogen and oxygen atoms in total. The molecule has 1 aromatic carbocycles. The molecule has 0 saturated heterocycles. The first kappa shape index (κ1) is 14.1. The molecule has 102 valence electrons. The van der Waals surface area contributed by atoms with Crippen LogP contribution in [0.5, 0.6) is 5.75 Å². The van der Waals surface area contributed by atoms with Crippen molar-refractivity contribution in [2.24, 2.45) is 0 Å². The predicted octanol–water partition coefficient (Wildman–Crippen LogP) is 3.16. The molecule has 19 heavy (non-hydrogen) atoms. The standard InChI is InChI=1S/C13H14Cl2N2O2/c1-8-5-9(11-3-4-13(15)17-16-11)12(6-10(8)14)19-7-18-2/h3-6,16-17H,7H2,1-2H3. The zero-order chi connectivity index (χ0) is 13.8. The van der Waals surface area contributed by atoms with Gasteiger partial charge in [0.15, 0.2) is 6.79 Å². The van der Waals surface area contributed by atoms with Crippen molar-refractivity contribution in [2.75, 3.05) is 13.9 Å². The van der Waals surface area contributed by atoms with E-state index in [1.165, 1.54) is 0 Å². The van der Waals surface area contributed by atoms with Crippen LogP contribution in [0.25, 0.3) is 5.70 Å². The topological polar surface area (TPSA) is 42.5 Å². The second kappa shape index (κ2) is 6.19. The average Bonchev–Trinajstić information content (AvgIpc) is 2.41.